The summed E-state index contributed by atoms with van der Waals surface area (Å²) in [6, 6.07) is 10.4. The number of anilines is 1. The van der Waals surface area contributed by atoms with Crippen molar-refractivity contribution >= 4 is 22.9 Å². The molecule has 2 nitrogen and oxygen atoms in total. The van der Waals surface area contributed by atoms with Crippen molar-refractivity contribution < 1.29 is 4.79 Å². The minimum absolute atomic E-state index is 0.735. The summed E-state index contributed by atoms with van der Waals surface area (Å²) in [5, 5.41) is 5.25. The van der Waals surface area contributed by atoms with Gasteiger partial charge in [0.15, 0.2) is 0 Å². The highest BCUT2D eigenvalue weighted by atomic mass is 16.1. The molecule has 0 heterocycles. The predicted molar refractivity (Wildman–Crippen MR) is 61.0 cm³/mol. The largest absolute Gasteiger partial charge is 0.328 e. The zero-order valence-electron chi connectivity index (χ0n) is 8.29. The maximum absolute atomic E-state index is 10.5. The molecule has 0 fully saturated rings. The first-order valence-corrected chi connectivity index (χ1v) is 5.14. The van der Waals surface area contributed by atoms with E-state index >= 15 is 0 Å². The van der Waals surface area contributed by atoms with Crippen molar-refractivity contribution in [1.29, 1.82) is 0 Å². The zero-order valence-corrected chi connectivity index (χ0v) is 8.29. The van der Waals surface area contributed by atoms with Crippen molar-refractivity contribution in [3.05, 3.63) is 41.5 Å². The minimum atomic E-state index is 0.735. The lowest BCUT2D eigenvalue weighted by molar-refractivity contribution is -0.105. The van der Waals surface area contributed by atoms with Gasteiger partial charge in [0.05, 0.1) is 0 Å². The Morgan fingerprint density at radius 1 is 1.07 bits per heavy atom. The van der Waals surface area contributed by atoms with E-state index in [2.05, 4.69) is 29.6 Å². The van der Waals surface area contributed by atoms with Crippen LogP contribution < -0.4 is 5.32 Å². The predicted octanol–water partition coefficient (Wildman–Crippen LogP) is 2.51. The summed E-state index contributed by atoms with van der Waals surface area (Å²) in [5.74, 6) is 0. The van der Waals surface area contributed by atoms with Crippen LogP contribution in [0.2, 0.25) is 0 Å². The quantitative estimate of drug-likeness (QED) is 0.736. The molecule has 0 saturated carbocycles. The van der Waals surface area contributed by atoms with Crippen LogP contribution in [0.4, 0.5) is 5.69 Å². The fraction of sp³-hybridized carbons (Fsp3) is 0.154. The molecule has 0 unspecified atom stereocenters. The molecular weight excluding hydrogens is 186 g/mol. The van der Waals surface area contributed by atoms with Crippen LogP contribution in [-0.2, 0) is 17.6 Å². The van der Waals surface area contributed by atoms with E-state index in [0.717, 1.165) is 30.3 Å². The first-order valence-electron chi connectivity index (χ1n) is 5.14. The number of rotatable bonds is 2. The van der Waals surface area contributed by atoms with E-state index in [1.54, 1.807) is 0 Å². The second-order valence-electron chi connectivity index (χ2n) is 3.87. The van der Waals surface area contributed by atoms with Crippen molar-refractivity contribution in [1.82, 2.24) is 0 Å². The SMILES string of the molecule is O=CNc1ccc2c3c(cccc13)CC2. The molecule has 2 aromatic rings. The maximum atomic E-state index is 10.5. The third-order valence-corrected chi connectivity index (χ3v) is 3.09. The van der Waals surface area contributed by atoms with Crippen molar-refractivity contribution in [2.45, 2.75) is 12.8 Å². The Morgan fingerprint density at radius 3 is 2.67 bits per heavy atom. The van der Waals surface area contributed by atoms with Gasteiger partial charge in [0.25, 0.3) is 0 Å². The first kappa shape index (κ1) is 8.48. The van der Waals surface area contributed by atoms with E-state index in [0.29, 0.717) is 0 Å². The Morgan fingerprint density at radius 2 is 1.87 bits per heavy atom. The third-order valence-electron chi connectivity index (χ3n) is 3.09. The van der Waals surface area contributed by atoms with E-state index in [-0.39, 0.29) is 0 Å². The minimum Gasteiger partial charge on any atom is -0.328 e. The Kier molecular flexibility index (Phi) is 1.75. The highest BCUT2D eigenvalue weighted by molar-refractivity contribution is 6.01. The van der Waals surface area contributed by atoms with Crippen molar-refractivity contribution in [2.24, 2.45) is 0 Å². The van der Waals surface area contributed by atoms with Crippen LogP contribution in [0.1, 0.15) is 11.1 Å². The van der Waals surface area contributed by atoms with Gasteiger partial charge >= 0.3 is 0 Å². The Hall–Kier alpha value is -1.83. The van der Waals surface area contributed by atoms with Gasteiger partial charge < -0.3 is 5.32 Å². The number of amides is 1. The van der Waals surface area contributed by atoms with Gasteiger partial charge in [0.1, 0.15) is 0 Å². The molecule has 2 aromatic carbocycles. The maximum Gasteiger partial charge on any atom is 0.211 e. The summed E-state index contributed by atoms with van der Waals surface area (Å²) < 4.78 is 0. The molecule has 0 aliphatic heterocycles. The van der Waals surface area contributed by atoms with Gasteiger partial charge in [-0.15, -0.1) is 0 Å². The standard InChI is InChI=1S/C13H11NO/c15-8-14-12-7-6-10-5-4-9-2-1-3-11(12)13(9)10/h1-3,6-8H,4-5H2,(H,14,15). The van der Waals surface area contributed by atoms with Crippen LogP contribution in [-0.4, -0.2) is 6.41 Å². The monoisotopic (exact) mass is 197 g/mol. The van der Waals surface area contributed by atoms with Crippen LogP contribution in [0.25, 0.3) is 10.8 Å². The fourth-order valence-corrected chi connectivity index (χ4v) is 2.44. The Balaban J connectivity index is 2.38. The summed E-state index contributed by atoms with van der Waals surface area (Å²) >= 11 is 0. The lowest BCUT2D eigenvalue weighted by Crippen LogP contribution is -1.95. The van der Waals surface area contributed by atoms with E-state index in [1.807, 2.05) is 6.07 Å². The highest BCUT2D eigenvalue weighted by Gasteiger charge is 2.15. The molecule has 1 aliphatic rings. The number of carbonyl (C=O) groups excluding carboxylic acids is 1. The molecule has 1 amide bonds. The van der Waals surface area contributed by atoms with Gasteiger partial charge in [-0.3, -0.25) is 4.79 Å². The topological polar surface area (TPSA) is 29.1 Å². The summed E-state index contributed by atoms with van der Waals surface area (Å²) in [6.07, 6.45) is 2.98. The number of hydrogen-bond acceptors (Lipinski definition) is 1. The number of hydrogen-bond donors (Lipinski definition) is 1. The molecule has 74 valence electrons. The van der Waals surface area contributed by atoms with Gasteiger partial charge in [-0.2, -0.15) is 0 Å². The van der Waals surface area contributed by atoms with Crippen molar-refractivity contribution in [3.63, 3.8) is 0 Å². The van der Waals surface area contributed by atoms with Gasteiger partial charge in [-0.25, -0.2) is 0 Å². The molecule has 0 radical (unpaired) electrons. The van der Waals surface area contributed by atoms with Crippen molar-refractivity contribution in [2.75, 3.05) is 5.32 Å². The molecule has 0 spiro atoms. The number of nitrogens with one attached hydrogen (secondary N) is 1. The molecule has 0 bridgehead atoms. The molecule has 3 rings (SSSR count). The molecule has 2 heteroatoms. The van der Waals surface area contributed by atoms with E-state index < -0.39 is 0 Å². The van der Waals surface area contributed by atoms with Gasteiger partial charge in [0, 0.05) is 11.1 Å². The van der Waals surface area contributed by atoms with Crippen LogP contribution in [0, 0.1) is 0 Å². The van der Waals surface area contributed by atoms with Crippen LogP contribution >= 0.6 is 0 Å². The number of carbonyl (C=O) groups is 1. The smallest absolute Gasteiger partial charge is 0.211 e. The summed E-state index contributed by atoms with van der Waals surface area (Å²) in [5.41, 5.74) is 3.71. The van der Waals surface area contributed by atoms with Gasteiger partial charge in [0.2, 0.25) is 6.41 Å². The molecule has 1 aliphatic carbocycles. The van der Waals surface area contributed by atoms with E-state index in [4.69, 9.17) is 0 Å². The average molecular weight is 197 g/mol. The van der Waals surface area contributed by atoms with Crippen LogP contribution in [0.15, 0.2) is 30.3 Å². The molecule has 15 heavy (non-hydrogen) atoms. The Labute approximate surface area is 87.9 Å². The van der Waals surface area contributed by atoms with Crippen LogP contribution in [0.3, 0.4) is 0 Å². The summed E-state index contributed by atoms with van der Waals surface area (Å²) in [6.45, 7) is 0. The lowest BCUT2D eigenvalue weighted by atomic mass is 10.0. The molecule has 1 N–H and O–H groups in total. The molecule has 0 aromatic heterocycles. The third kappa shape index (κ3) is 1.14. The van der Waals surface area contributed by atoms with E-state index in [9.17, 15) is 4.79 Å². The fourth-order valence-electron chi connectivity index (χ4n) is 2.44. The van der Waals surface area contributed by atoms with Crippen molar-refractivity contribution in [3.8, 4) is 0 Å². The Bertz CT molecular complexity index is 535. The molecule has 0 saturated heterocycles. The second-order valence-corrected chi connectivity index (χ2v) is 3.87. The molecular formula is C13H11NO. The zero-order chi connectivity index (χ0) is 10.3. The first-order chi connectivity index (χ1) is 7.40. The van der Waals surface area contributed by atoms with Gasteiger partial charge in [-0.05, 0) is 35.4 Å². The number of aryl methyl sites for hydroxylation is 2. The summed E-state index contributed by atoms with van der Waals surface area (Å²) in [7, 11) is 0. The van der Waals surface area contributed by atoms with E-state index in [1.165, 1.54) is 16.5 Å². The summed E-state index contributed by atoms with van der Waals surface area (Å²) in [4.78, 5) is 10.5. The lowest BCUT2D eigenvalue weighted by Gasteiger charge is -2.07. The normalized spacial score (nSPS) is 13.1. The molecule has 0 atom stereocenters. The van der Waals surface area contributed by atoms with Gasteiger partial charge in [-0.1, -0.05) is 24.3 Å². The number of benzene rings is 2. The highest BCUT2D eigenvalue weighted by Crippen LogP contribution is 2.34. The second kappa shape index (κ2) is 3.09. The average Bonchev–Trinajstić information content (AvgIpc) is 2.68. The van der Waals surface area contributed by atoms with Crippen LogP contribution in [0.5, 0.6) is 0 Å².